The van der Waals surface area contributed by atoms with Crippen LogP contribution in [0.5, 0.6) is 0 Å². The molecule has 1 heterocycles. The first-order valence-corrected chi connectivity index (χ1v) is 2.92. The lowest BCUT2D eigenvalue weighted by Crippen LogP contribution is -2.12. The van der Waals surface area contributed by atoms with Crippen LogP contribution in [-0.4, -0.2) is 10.9 Å². The van der Waals surface area contributed by atoms with Crippen molar-refractivity contribution in [3.8, 4) is 0 Å². The molecule has 0 aromatic carbocycles. The molecule has 1 aromatic rings. The van der Waals surface area contributed by atoms with E-state index in [-0.39, 0.29) is 0 Å². The monoisotopic (exact) mass is 136 g/mol. The van der Waals surface area contributed by atoms with E-state index >= 15 is 0 Å². The van der Waals surface area contributed by atoms with E-state index in [4.69, 9.17) is 5.73 Å². The molecule has 0 bridgehead atoms. The fourth-order valence-corrected chi connectivity index (χ4v) is 0.614. The molecule has 0 saturated carbocycles. The molecule has 0 spiro atoms. The van der Waals surface area contributed by atoms with Crippen LogP contribution < -0.4 is 5.73 Å². The van der Waals surface area contributed by atoms with Gasteiger partial charge in [0.2, 0.25) is 0 Å². The van der Waals surface area contributed by atoms with Gasteiger partial charge in [0, 0.05) is 6.20 Å². The highest BCUT2D eigenvalue weighted by molar-refractivity contribution is 5.90. The average molecular weight is 136 g/mol. The molecule has 10 heavy (non-hydrogen) atoms. The van der Waals surface area contributed by atoms with Crippen LogP contribution in [0.2, 0.25) is 0 Å². The summed E-state index contributed by atoms with van der Waals surface area (Å²) in [6.45, 7) is 1.90. The van der Waals surface area contributed by atoms with Gasteiger partial charge >= 0.3 is 0 Å². The molecule has 0 aliphatic carbocycles. The van der Waals surface area contributed by atoms with Gasteiger partial charge in [-0.05, 0) is 18.6 Å². The van der Waals surface area contributed by atoms with Crippen LogP contribution >= 0.6 is 0 Å². The lowest BCUT2D eigenvalue weighted by molar-refractivity contribution is 0.0995. The quantitative estimate of drug-likeness (QED) is 0.610. The number of carbonyl (C=O) groups excluding carboxylic acids is 1. The lowest BCUT2D eigenvalue weighted by Gasteiger charge is -1.92. The normalized spacial score (nSPS) is 9.30. The van der Waals surface area contributed by atoms with Gasteiger partial charge in [-0.3, -0.25) is 9.78 Å². The fraction of sp³-hybridized carbons (Fsp3) is 0.143. The largest absolute Gasteiger partial charge is 0.364 e. The molecule has 3 nitrogen and oxygen atoms in total. The predicted octanol–water partition coefficient (Wildman–Crippen LogP) is 0.489. The number of hydrogen-bond acceptors (Lipinski definition) is 2. The van der Waals surface area contributed by atoms with E-state index in [1.807, 2.05) is 6.92 Å². The first kappa shape index (κ1) is 6.74. The van der Waals surface area contributed by atoms with Crippen molar-refractivity contribution in [2.45, 2.75) is 6.92 Å². The molecular formula is C7H8N2O. The highest BCUT2D eigenvalue weighted by Crippen LogP contribution is 1.96. The van der Waals surface area contributed by atoms with Gasteiger partial charge in [-0.25, -0.2) is 0 Å². The molecule has 1 rings (SSSR count). The van der Waals surface area contributed by atoms with Gasteiger partial charge in [0.1, 0.15) is 5.69 Å². The number of primary amides is 1. The standard InChI is InChI=1S/C7H8N2O/c1-5-2-3-6(7(8)10)9-4-5/h2-4H,1H3,(H2,8,10). The van der Waals surface area contributed by atoms with E-state index in [0.29, 0.717) is 5.69 Å². The number of hydrogen-bond donors (Lipinski definition) is 1. The van der Waals surface area contributed by atoms with Crippen molar-refractivity contribution in [1.82, 2.24) is 4.98 Å². The number of aromatic nitrogens is 1. The summed E-state index contributed by atoms with van der Waals surface area (Å²) in [5, 5.41) is 0. The zero-order chi connectivity index (χ0) is 7.56. The van der Waals surface area contributed by atoms with Gasteiger partial charge in [0.25, 0.3) is 5.91 Å². The van der Waals surface area contributed by atoms with Crippen LogP contribution in [0.25, 0.3) is 0 Å². The summed E-state index contributed by atoms with van der Waals surface area (Å²) in [7, 11) is 0. The molecule has 0 unspecified atom stereocenters. The van der Waals surface area contributed by atoms with Gasteiger partial charge in [0.15, 0.2) is 0 Å². The molecule has 0 saturated heterocycles. The minimum Gasteiger partial charge on any atom is -0.364 e. The summed E-state index contributed by atoms with van der Waals surface area (Å²) in [6.07, 6.45) is 1.61. The Morgan fingerprint density at radius 1 is 1.60 bits per heavy atom. The fourth-order valence-electron chi connectivity index (χ4n) is 0.614. The van der Waals surface area contributed by atoms with Crippen LogP contribution in [0.1, 0.15) is 16.1 Å². The number of aryl methyl sites for hydroxylation is 1. The Morgan fingerprint density at radius 3 is 2.70 bits per heavy atom. The predicted molar refractivity (Wildman–Crippen MR) is 37.5 cm³/mol. The Labute approximate surface area is 58.9 Å². The van der Waals surface area contributed by atoms with E-state index in [9.17, 15) is 4.79 Å². The van der Waals surface area contributed by atoms with Crippen LogP contribution in [0.15, 0.2) is 18.3 Å². The van der Waals surface area contributed by atoms with E-state index < -0.39 is 5.91 Å². The molecule has 0 aliphatic heterocycles. The second-order valence-electron chi connectivity index (χ2n) is 2.09. The van der Waals surface area contributed by atoms with Gasteiger partial charge in [-0.15, -0.1) is 0 Å². The first-order chi connectivity index (χ1) is 4.70. The van der Waals surface area contributed by atoms with E-state index in [0.717, 1.165) is 5.56 Å². The average Bonchev–Trinajstić information content (AvgIpc) is 1.88. The van der Waals surface area contributed by atoms with Crippen LogP contribution in [0.3, 0.4) is 0 Å². The number of nitrogens with zero attached hydrogens (tertiary/aromatic N) is 1. The topological polar surface area (TPSA) is 56.0 Å². The van der Waals surface area contributed by atoms with Gasteiger partial charge in [-0.1, -0.05) is 6.07 Å². The van der Waals surface area contributed by atoms with Crippen LogP contribution in [-0.2, 0) is 0 Å². The maximum Gasteiger partial charge on any atom is 0.267 e. The molecule has 2 N–H and O–H groups in total. The Balaban J connectivity index is 3.00. The maximum absolute atomic E-state index is 10.5. The van der Waals surface area contributed by atoms with Crippen molar-refractivity contribution in [3.63, 3.8) is 0 Å². The summed E-state index contributed by atoms with van der Waals surface area (Å²) in [4.78, 5) is 14.3. The molecule has 1 aromatic heterocycles. The summed E-state index contributed by atoms with van der Waals surface area (Å²) in [5.74, 6) is -0.486. The van der Waals surface area contributed by atoms with Gasteiger partial charge in [0.05, 0.1) is 0 Å². The smallest absolute Gasteiger partial charge is 0.267 e. The Kier molecular flexibility index (Phi) is 1.67. The van der Waals surface area contributed by atoms with Gasteiger partial charge in [-0.2, -0.15) is 0 Å². The lowest BCUT2D eigenvalue weighted by atomic mass is 10.3. The van der Waals surface area contributed by atoms with Crippen molar-refractivity contribution < 1.29 is 4.79 Å². The number of carbonyl (C=O) groups is 1. The summed E-state index contributed by atoms with van der Waals surface area (Å²) >= 11 is 0. The second-order valence-corrected chi connectivity index (χ2v) is 2.09. The summed E-state index contributed by atoms with van der Waals surface area (Å²) in [5.41, 5.74) is 6.29. The first-order valence-electron chi connectivity index (χ1n) is 2.92. The number of pyridine rings is 1. The van der Waals surface area contributed by atoms with Crippen LogP contribution in [0.4, 0.5) is 0 Å². The minimum absolute atomic E-state index is 0.311. The molecule has 0 atom stereocenters. The number of amides is 1. The molecule has 3 heteroatoms. The SMILES string of the molecule is Cc1ccc(C(N)=O)nc1. The van der Waals surface area contributed by atoms with Crippen LogP contribution in [0, 0.1) is 6.92 Å². The summed E-state index contributed by atoms with van der Waals surface area (Å²) in [6, 6.07) is 3.41. The molecule has 0 aliphatic rings. The zero-order valence-corrected chi connectivity index (χ0v) is 5.66. The van der Waals surface area contributed by atoms with E-state index in [1.54, 1.807) is 18.3 Å². The summed E-state index contributed by atoms with van der Waals surface area (Å²) < 4.78 is 0. The maximum atomic E-state index is 10.5. The van der Waals surface area contributed by atoms with Crippen molar-refractivity contribution in [3.05, 3.63) is 29.6 Å². The van der Waals surface area contributed by atoms with E-state index in [2.05, 4.69) is 4.98 Å². The molecule has 0 radical (unpaired) electrons. The minimum atomic E-state index is -0.486. The Bertz CT molecular complexity index is 240. The molecule has 1 amide bonds. The third kappa shape index (κ3) is 1.31. The molecule has 52 valence electrons. The Morgan fingerprint density at radius 2 is 2.30 bits per heavy atom. The Hall–Kier alpha value is -1.38. The number of rotatable bonds is 1. The van der Waals surface area contributed by atoms with Crippen molar-refractivity contribution in [1.29, 1.82) is 0 Å². The highest BCUT2D eigenvalue weighted by atomic mass is 16.1. The zero-order valence-electron chi connectivity index (χ0n) is 5.66. The third-order valence-electron chi connectivity index (χ3n) is 1.16. The van der Waals surface area contributed by atoms with Crippen molar-refractivity contribution in [2.75, 3.05) is 0 Å². The third-order valence-corrected chi connectivity index (χ3v) is 1.16. The molecule has 0 fully saturated rings. The van der Waals surface area contributed by atoms with Crippen molar-refractivity contribution >= 4 is 5.91 Å². The highest BCUT2D eigenvalue weighted by Gasteiger charge is 1.97. The molecular weight excluding hydrogens is 128 g/mol. The second kappa shape index (κ2) is 2.47. The number of nitrogens with two attached hydrogens (primary N) is 1. The van der Waals surface area contributed by atoms with Gasteiger partial charge < -0.3 is 5.73 Å². The van der Waals surface area contributed by atoms with Crippen molar-refractivity contribution in [2.24, 2.45) is 5.73 Å². The van der Waals surface area contributed by atoms with E-state index in [1.165, 1.54) is 0 Å².